The molecule has 0 radical (unpaired) electrons. The highest BCUT2D eigenvalue weighted by atomic mass is 35.5. The molecule has 1 aliphatic rings. The minimum Gasteiger partial charge on any atom is -0.350 e. The molecule has 3 atom stereocenters. The molecule has 0 aromatic heterocycles. The van der Waals surface area contributed by atoms with E-state index in [4.69, 9.17) is 5.73 Å². The first-order chi connectivity index (χ1) is 10.8. The molecule has 1 amide bonds. The summed E-state index contributed by atoms with van der Waals surface area (Å²) < 4.78 is 26.7. The highest BCUT2D eigenvalue weighted by Crippen LogP contribution is 2.32. The Morgan fingerprint density at radius 1 is 1.42 bits per heavy atom. The number of amides is 1. The second-order valence-corrected chi connectivity index (χ2v) is 6.64. The topological polar surface area (TPSA) is 58.4 Å². The molecule has 3 N–H and O–H groups in total. The zero-order valence-corrected chi connectivity index (χ0v) is 15.1. The largest absolute Gasteiger partial charge is 0.350 e. The zero-order valence-electron chi connectivity index (χ0n) is 14.3. The van der Waals surface area contributed by atoms with Gasteiger partial charge < -0.3 is 11.1 Å². The minimum atomic E-state index is -0.922. The van der Waals surface area contributed by atoms with Gasteiger partial charge in [-0.3, -0.25) is 9.69 Å². The van der Waals surface area contributed by atoms with Gasteiger partial charge in [0, 0.05) is 12.6 Å². The summed E-state index contributed by atoms with van der Waals surface area (Å²) in [5.74, 6) is -1.94. The molecule has 1 aromatic carbocycles. The number of nitrogens with two attached hydrogens (primary N) is 1. The van der Waals surface area contributed by atoms with Crippen LogP contribution < -0.4 is 11.1 Å². The predicted molar refractivity (Wildman–Crippen MR) is 93.0 cm³/mol. The van der Waals surface area contributed by atoms with Crippen molar-refractivity contribution in [1.82, 2.24) is 10.2 Å². The van der Waals surface area contributed by atoms with Crippen LogP contribution in [-0.4, -0.2) is 36.0 Å². The smallest absolute Gasteiger partial charge is 0.240 e. The van der Waals surface area contributed by atoms with E-state index in [0.29, 0.717) is 12.0 Å². The molecule has 1 fully saturated rings. The number of nitrogens with one attached hydrogen (secondary N) is 1. The maximum atomic E-state index is 13.5. The number of carbonyl (C=O) groups excluding carboxylic acids is 1. The molecule has 7 heteroatoms. The van der Waals surface area contributed by atoms with Crippen molar-refractivity contribution in [3.05, 3.63) is 35.4 Å². The molecular weight excluding hydrogens is 336 g/mol. The molecule has 1 saturated heterocycles. The van der Waals surface area contributed by atoms with Crippen LogP contribution in [-0.2, 0) is 4.79 Å². The van der Waals surface area contributed by atoms with Crippen LogP contribution in [0.1, 0.15) is 44.7 Å². The number of likely N-dealkylation sites (tertiary alicyclic amines) is 1. The van der Waals surface area contributed by atoms with E-state index in [1.165, 1.54) is 6.07 Å². The second-order valence-electron chi connectivity index (χ2n) is 6.64. The lowest BCUT2D eigenvalue weighted by Gasteiger charge is -2.30. The number of nitrogens with zero attached hydrogens (tertiary/aromatic N) is 1. The summed E-state index contributed by atoms with van der Waals surface area (Å²) in [5.41, 5.74) is 5.81. The van der Waals surface area contributed by atoms with E-state index in [9.17, 15) is 13.6 Å². The van der Waals surface area contributed by atoms with Crippen molar-refractivity contribution in [2.75, 3.05) is 13.6 Å². The first kappa shape index (κ1) is 20.8. The Balaban J connectivity index is 0.00000288. The molecule has 3 unspecified atom stereocenters. The Morgan fingerprint density at radius 2 is 2.08 bits per heavy atom. The van der Waals surface area contributed by atoms with E-state index in [0.717, 1.165) is 25.5 Å². The number of benzene rings is 1. The highest BCUT2D eigenvalue weighted by Gasteiger charge is 2.37. The van der Waals surface area contributed by atoms with E-state index in [1.54, 1.807) is 13.0 Å². The average molecular weight is 362 g/mol. The van der Waals surface area contributed by atoms with Gasteiger partial charge in [-0.05, 0) is 44.5 Å². The van der Waals surface area contributed by atoms with Crippen molar-refractivity contribution in [2.24, 2.45) is 5.73 Å². The Bertz CT molecular complexity index is 583. The van der Waals surface area contributed by atoms with Crippen LogP contribution in [0.25, 0.3) is 0 Å². The predicted octanol–water partition coefficient (Wildman–Crippen LogP) is 2.77. The molecule has 0 saturated carbocycles. The van der Waals surface area contributed by atoms with Crippen LogP contribution in [0.15, 0.2) is 18.2 Å². The van der Waals surface area contributed by atoms with Crippen molar-refractivity contribution < 1.29 is 13.6 Å². The monoisotopic (exact) mass is 361 g/mol. The fourth-order valence-corrected chi connectivity index (χ4v) is 3.25. The lowest BCUT2D eigenvalue weighted by atomic mass is 9.94. The summed E-state index contributed by atoms with van der Waals surface area (Å²) in [6, 6.07) is 3.54. The highest BCUT2D eigenvalue weighted by molar-refractivity contribution is 5.86. The molecule has 0 bridgehead atoms. The van der Waals surface area contributed by atoms with Crippen LogP contribution in [0.2, 0.25) is 0 Å². The third-order valence-corrected chi connectivity index (χ3v) is 4.54. The second kappa shape index (κ2) is 8.23. The van der Waals surface area contributed by atoms with Gasteiger partial charge in [0.2, 0.25) is 5.91 Å². The van der Waals surface area contributed by atoms with Crippen molar-refractivity contribution in [3.8, 4) is 0 Å². The summed E-state index contributed by atoms with van der Waals surface area (Å²) >= 11 is 0. The maximum absolute atomic E-state index is 13.5. The normalized spacial score (nSPS) is 23.4. The maximum Gasteiger partial charge on any atom is 0.240 e. The lowest BCUT2D eigenvalue weighted by Crippen LogP contribution is -2.54. The minimum absolute atomic E-state index is 0. The Kier molecular flexibility index (Phi) is 7.13. The Hall–Kier alpha value is -1.24. The summed E-state index contributed by atoms with van der Waals surface area (Å²) in [5, 5.41) is 3.00. The van der Waals surface area contributed by atoms with Crippen molar-refractivity contribution in [3.63, 3.8) is 0 Å². The molecule has 2 rings (SSSR count). The first-order valence-corrected chi connectivity index (χ1v) is 8.01. The summed E-state index contributed by atoms with van der Waals surface area (Å²) in [6.07, 6.45) is 2.16. The molecule has 136 valence electrons. The van der Waals surface area contributed by atoms with E-state index >= 15 is 0 Å². The zero-order chi connectivity index (χ0) is 17.2. The van der Waals surface area contributed by atoms with Gasteiger partial charge in [-0.25, -0.2) is 8.78 Å². The van der Waals surface area contributed by atoms with Gasteiger partial charge in [0.1, 0.15) is 0 Å². The summed E-state index contributed by atoms with van der Waals surface area (Å²) in [7, 11) is 1.91. The quantitative estimate of drug-likeness (QED) is 0.847. The number of rotatable bonds is 5. The van der Waals surface area contributed by atoms with Crippen LogP contribution in [0.4, 0.5) is 8.78 Å². The van der Waals surface area contributed by atoms with E-state index in [2.05, 4.69) is 5.32 Å². The van der Waals surface area contributed by atoms with Gasteiger partial charge in [0.05, 0.1) is 11.6 Å². The first-order valence-electron chi connectivity index (χ1n) is 8.01. The van der Waals surface area contributed by atoms with E-state index in [1.807, 2.05) is 18.9 Å². The number of carbonyl (C=O) groups is 1. The fraction of sp³-hybridized carbons (Fsp3) is 0.588. The Labute approximate surface area is 148 Å². The van der Waals surface area contributed by atoms with Gasteiger partial charge in [-0.2, -0.15) is 0 Å². The third kappa shape index (κ3) is 4.43. The van der Waals surface area contributed by atoms with Crippen LogP contribution in [0, 0.1) is 11.6 Å². The molecule has 1 aromatic rings. The van der Waals surface area contributed by atoms with Crippen molar-refractivity contribution in [2.45, 2.75) is 50.7 Å². The van der Waals surface area contributed by atoms with Crippen LogP contribution in [0.5, 0.6) is 0 Å². The van der Waals surface area contributed by atoms with Crippen molar-refractivity contribution >= 4 is 18.3 Å². The summed E-state index contributed by atoms with van der Waals surface area (Å²) in [6.45, 7) is 4.46. The number of likely N-dealkylation sites (N-methyl/N-ethyl adjacent to an activating group) is 1. The fourth-order valence-electron chi connectivity index (χ4n) is 3.25. The molecule has 0 aliphatic carbocycles. The van der Waals surface area contributed by atoms with E-state index < -0.39 is 17.2 Å². The van der Waals surface area contributed by atoms with Crippen LogP contribution in [0.3, 0.4) is 0 Å². The molecular formula is C17H26ClF2N3O. The molecule has 1 heterocycles. The Morgan fingerprint density at radius 3 is 2.67 bits per heavy atom. The van der Waals surface area contributed by atoms with E-state index in [-0.39, 0.29) is 30.4 Å². The average Bonchev–Trinajstić information content (AvgIpc) is 2.83. The van der Waals surface area contributed by atoms with Gasteiger partial charge in [-0.15, -0.1) is 12.4 Å². The van der Waals surface area contributed by atoms with Crippen LogP contribution >= 0.6 is 12.4 Å². The number of hydrogen-bond donors (Lipinski definition) is 2. The molecule has 1 aliphatic heterocycles. The van der Waals surface area contributed by atoms with Gasteiger partial charge >= 0.3 is 0 Å². The standard InChI is InChI=1S/C17H25F2N3O.ClH/c1-4-8-17(2,20)16(23)21-14-7-9-22(3)15(14)11-5-6-12(18)13(19)10-11;/h5-6,10,14-15H,4,7-9,20H2,1-3H3,(H,21,23);1H. The SMILES string of the molecule is CCCC(C)(N)C(=O)NC1CCN(C)C1c1ccc(F)c(F)c1.Cl. The third-order valence-electron chi connectivity index (χ3n) is 4.54. The summed E-state index contributed by atoms with van der Waals surface area (Å²) in [4.78, 5) is 14.5. The number of hydrogen-bond acceptors (Lipinski definition) is 3. The molecule has 4 nitrogen and oxygen atoms in total. The van der Waals surface area contributed by atoms with Gasteiger partial charge in [0.25, 0.3) is 0 Å². The van der Waals surface area contributed by atoms with Gasteiger partial charge in [0.15, 0.2) is 11.6 Å². The van der Waals surface area contributed by atoms with Crippen molar-refractivity contribution in [1.29, 1.82) is 0 Å². The van der Waals surface area contributed by atoms with Gasteiger partial charge in [-0.1, -0.05) is 19.4 Å². The molecule has 24 heavy (non-hydrogen) atoms. The number of halogens is 3. The lowest BCUT2D eigenvalue weighted by molar-refractivity contribution is -0.127. The molecule has 0 spiro atoms.